The van der Waals surface area contributed by atoms with Crippen molar-refractivity contribution in [1.29, 1.82) is 0 Å². The van der Waals surface area contributed by atoms with Crippen molar-refractivity contribution in [1.82, 2.24) is 0 Å². The van der Waals surface area contributed by atoms with Crippen LogP contribution < -0.4 is 5.32 Å². The molecule has 0 aliphatic heterocycles. The van der Waals surface area contributed by atoms with Crippen LogP contribution in [0.2, 0.25) is 5.02 Å². The number of hydrogen-bond donors (Lipinski definition) is 1. The van der Waals surface area contributed by atoms with Crippen molar-refractivity contribution >= 4 is 29.2 Å². The Balaban J connectivity index is 2.35. The topological polar surface area (TPSA) is 55.4 Å². The van der Waals surface area contributed by atoms with Crippen molar-refractivity contribution in [3.63, 3.8) is 0 Å². The van der Waals surface area contributed by atoms with Crippen molar-refractivity contribution in [2.45, 2.75) is 0 Å². The van der Waals surface area contributed by atoms with Gasteiger partial charge in [0.1, 0.15) is 17.5 Å². The first kappa shape index (κ1) is 16.8. The quantitative estimate of drug-likeness (QED) is 0.862. The molecule has 0 saturated carbocycles. The second kappa shape index (κ2) is 6.70. The van der Waals surface area contributed by atoms with Crippen LogP contribution in [0.25, 0.3) is 0 Å². The number of nitrogens with one attached hydrogen (secondary N) is 1. The van der Waals surface area contributed by atoms with Gasteiger partial charge in [0.05, 0.1) is 28.9 Å². The molecular formula is C15H9ClF3NO3. The third kappa shape index (κ3) is 3.62. The maximum atomic E-state index is 13.7. The molecule has 2 aromatic rings. The molecule has 0 fully saturated rings. The molecule has 0 unspecified atom stereocenters. The Morgan fingerprint density at radius 1 is 1.04 bits per heavy atom. The van der Waals surface area contributed by atoms with Gasteiger partial charge in [-0.15, -0.1) is 0 Å². The molecule has 8 heteroatoms. The SMILES string of the molecule is COC(=O)c1cc(NC(=O)c2ccc(F)cc2Cl)c(F)cc1F. The lowest BCUT2D eigenvalue weighted by atomic mass is 10.1. The van der Waals surface area contributed by atoms with Crippen LogP contribution in [-0.4, -0.2) is 19.0 Å². The molecule has 0 aliphatic rings. The van der Waals surface area contributed by atoms with E-state index in [9.17, 15) is 22.8 Å². The number of halogens is 4. The molecule has 0 aliphatic carbocycles. The molecule has 0 spiro atoms. The molecule has 23 heavy (non-hydrogen) atoms. The van der Waals surface area contributed by atoms with Gasteiger partial charge in [-0.05, 0) is 24.3 Å². The van der Waals surface area contributed by atoms with E-state index in [2.05, 4.69) is 10.1 Å². The molecule has 2 rings (SSSR count). The van der Waals surface area contributed by atoms with Gasteiger partial charge < -0.3 is 10.1 Å². The zero-order valence-electron chi connectivity index (χ0n) is 11.6. The van der Waals surface area contributed by atoms with Crippen LogP contribution in [0, 0.1) is 17.5 Å². The van der Waals surface area contributed by atoms with Crippen LogP contribution in [0.5, 0.6) is 0 Å². The van der Waals surface area contributed by atoms with E-state index in [4.69, 9.17) is 11.6 Å². The molecule has 0 radical (unpaired) electrons. The van der Waals surface area contributed by atoms with Gasteiger partial charge in [0, 0.05) is 6.07 Å². The first-order chi connectivity index (χ1) is 10.8. The summed E-state index contributed by atoms with van der Waals surface area (Å²) < 4.78 is 44.6. The number of ether oxygens (including phenoxy) is 1. The second-order valence-electron chi connectivity index (χ2n) is 4.38. The van der Waals surface area contributed by atoms with Crippen LogP contribution in [0.15, 0.2) is 30.3 Å². The van der Waals surface area contributed by atoms with E-state index in [1.165, 1.54) is 0 Å². The van der Waals surface area contributed by atoms with Gasteiger partial charge in [-0.1, -0.05) is 11.6 Å². The first-order valence-electron chi connectivity index (χ1n) is 6.17. The van der Waals surface area contributed by atoms with Gasteiger partial charge in [-0.2, -0.15) is 0 Å². The lowest BCUT2D eigenvalue weighted by Gasteiger charge is -2.10. The summed E-state index contributed by atoms with van der Waals surface area (Å²) in [6.07, 6.45) is 0. The van der Waals surface area contributed by atoms with Gasteiger partial charge in [0.15, 0.2) is 0 Å². The Labute approximate surface area is 133 Å². The van der Waals surface area contributed by atoms with E-state index in [-0.39, 0.29) is 10.6 Å². The second-order valence-corrected chi connectivity index (χ2v) is 4.79. The number of hydrogen-bond acceptors (Lipinski definition) is 3. The molecule has 0 atom stereocenters. The Hall–Kier alpha value is -2.54. The van der Waals surface area contributed by atoms with Crippen LogP contribution in [-0.2, 0) is 4.74 Å². The van der Waals surface area contributed by atoms with Gasteiger partial charge >= 0.3 is 5.97 Å². The zero-order chi connectivity index (χ0) is 17.1. The third-order valence-electron chi connectivity index (χ3n) is 2.89. The van der Waals surface area contributed by atoms with Crippen molar-refractivity contribution in [2.75, 3.05) is 12.4 Å². The highest BCUT2D eigenvalue weighted by Gasteiger charge is 2.19. The van der Waals surface area contributed by atoms with Gasteiger partial charge in [-0.25, -0.2) is 18.0 Å². The van der Waals surface area contributed by atoms with Crippen molar-refractivity contribution < 1.29 is 27.5 Å². The molecule has 120 valence electrons. The van der Waals surface area contributed by atoms with E-state index in [0.29, 0.717) is 6.07 Å². The Kier molecular flexibility index (Phi) is 4.90. The highest BCUT2D eigenvalue weighted by atomic mass is 35.5. The Bertz CT molecular complexity index is 796. The maximum Gasteiger partial charge on any atom is 0.340 e. The molecule has 1 amide bonds. The minimum atomic E-state index is -1.13. The molecule has 1 N–H and O–H groups in total. The van der Waals surface area contributed by atoms with E-state index >= 15 is 0 Å². The van der Waals surface area contributed by atoms with Gasteiger partial charge in [0.2, 0.25) is 0 Å². The number of rotatable bonds is 3. The number of carbonyl (C=O) groups excluding carboxylic acids is 2. The fraction of sp³-hybridized carbons (Fsp3) is 0.0667. The smallest absolute Gasteiger partial charge is 0.340 e. The number of esters is 1. The Morgan fingerprint density at radius 2 is 1.74 bits per heavy atom. The van der Waals surface area contributed by atoms with E-state index in [1.807, 2.05) is 0 Å². The predicted molar refractivity (Wildman–Crippen MR) is 77.1 cm³/mol. The summed E-state index contributed by atoms with van der Waals surface area (Å²) in [7, 11) is 1.03. The number of carbonyl (C=O) groups is 2. The summed E-state index contributed by atoms with van der Waals surface area (Å²) in [4.78, 5) is 23.4. The normalized spacial score (nSPS) is 10.3. The van der Waals surface area contributed by atoms with Gasteiger partial charge in [-0.3, -0.25) is 4.79 Å². The summed E-state index contributed by atoms with van der Waals surface area (Å²) in [5, 5.41) is 1.96. The monoisotopic (exact) mass is 343 g/mol. The summed E-state index contributed by atoms with van der Waals surface area (Å²) >= 11 is 5.73. The van der Waals surface area contributed by atoms with Crippen LogP contribution >= 0.6 is 11.6 Å². The summed E-state index contributed by atoms with van der Waals surface area (Å²) in [6.45, 7) is 0. The van der Waals surface area contributed by atoms with E-state index in [0.717, 1.165) is 31.4 Å². The van der Waals surface area contributed by atoms with Gasteiger partial charge in [0.25, 0.3) is 5.91 Å². The van der Waals surface area contributed by atoms with Crippen LogP contribution in [0.3, 0.4) is 0 Å². The number of methoxy groups -OCH3 is 1. The Morgan fingerprint density at radius 3 is 2.35 bits per heavy atom. The minimum absolute atomic E-state index is 0.114. The molecule has 0 heterocycles. The fourth-order valence-corrected chi connectivity index (χ4v) is 2.03. The van der Waals surface area contributed by atoms with Crippen LogP contribution in [0.1, 0.15) is 20.7 Å². The average Bonchev–Trinajstić information content (AvgIpc) is 2.49. The first-order valence-corrected chi connectivity index (χ1v) is 6.55. The maximum absolute atomic E-state index is 13.7. The lowest BCUT2D eigenvalue weighted by Crippen LogP contribution is -2.15. The fourth-order valence-electron chi connectivity index (χ4n) is 1.77. The van der Waals surface area contributed by atoms with E-state index < -0.39 is 40.6 Å². The highest BCUT2D eigenvalue weighted by molar-refractivity contribution is 6.34. The van der Waals surface area contributed by atoms with Crippen molar-refractivity contribution in [2.24, 2.45) is 0 Å². The standard InChI is InChI=1S/C15H9ClF3NO3/c1-23-15(22)9-5-13(12(19)6-11(9)18)20-14(21)8-3-2-7(17)4-10(8)16/h2-6H,1H3,(H,20,21). The lowest BCUT2D eigenvalue weighted by molar-refractivity contribution is 0.0595. The zero-order valence-corrected chi connectivity index (χ0v) is 12.4. The minimum Gasteiger partial charge on any atom is -0.465 e. The molecule has 0 saturated heterocycles. The molecule has 0 aromatic heterocycles. The van der Waals surface area contributed by atoms with Crippen molar-refractivity contribution in [3.05, 3.63) is 63.9 Å². The average molecular weight is 344 g/mol. The summed E-state index contributed by atoms with van der Waals surface area (Å²) in [6, 6.07) is 4.26. The van der Waals surface area contributed by atoms with Crippen LogP contribution in [0.4, 0.5) is 18.9 Å². The van der Waals surface area contributed by atoms with E-state index in [1.54, 1.807) is 0 Å². The number of anilines is 1. The summed E-state index contributed by atoms with van der Waals surface area (Å²) in [5.41, 5.74) is -1.11. The predicted octanol–water partition coefficient (Wildman–Crippen LogP) is 3.80. The molecular weight excluding hydrogens is 335 g/mol. The number of amides is 1. The van der Waals surface area contributed by atoms with Crippen molar-refractivity contribution in [3.8, 4) is 0 Å². The third-order valence-corrected chi connectivity index (χ3v) is 3.20. The highest BCUT2D eigenvalue weighted by Crippen LogP contribution is 2.23. The number of benzene rings is 2. The molecule has 2 aromatic carbocycles. The largest absolute Gasteiger partial charge is 0.465 e. The molecule has 0 bridgehead atoms. The summed E-state index contributed by atoms with van der Waals surface area (Å²) in [5.74, 6) is -4.75. The molecule has 4 nitrogen and oxygen atoms in total.